The van der Waals surface area contributed by atoms with Crippen LogP contribution >= 0.6 is 0 Å². The predicted octanol–water partition coefficient (Wildman–Crippen LogP) is 1.92. The van der Waals surface area contributed by atoms with Crippen molar-refractivity contribution in [3.63, 3.8) is 0 Å². The monoisotopic (exact) mass is 188 g/mol. The third-order valence-electron chi connectivity index (χ3n) is 2.11. The number of furan rings is 1. The van der Waals surface area contributed by atoms with Gasteiger partial charge in [-0.2, -0.15) is 0 Å². The first kappa shape index (κ1) is 8.97. The van der Waals surface area contributed by atoms with Crippen LogP contribution in [-0.4, -0.2) is 4.98 Å². The molecule has 0 aromatic carbocycles. The van der Waals surface area contributed by atoms with Gasteiger partial charge in [-0.1, -0.05) is 0 Å². The highest BCUT2D eigenvalue weighted by Gasteiger charge is 2.08. The van der Waals surface area contributed by atoms with Crippen LogP contribution in [0.3, 0.4) is 0 Å². The van der Waals surface area contributed by atoms with Crippen molar-refractivity contribution in [1.29, 1.82) is 0 Å². The van der Waals surface area contributed by atoms with Crippen molar-refractivity contribution < 1.29 is 4.42 Å². The minimum atomic E-state index is -0.0765. The molecule has 3 nitrogen and oxygen atoms in total. The van der Waals surface area contributed by atoms with Crippen molar-refractivity contribution in [3.05, 3.63) is 54.2 Å². The molecule has 2 heterocycles. The number of hydrogen-bond donors (Lipinski definition) is 1. The van der Waals surface area contributed by atoms with E-state index < -0.39 is 0 Å². The normalized spacial score (nSPS) is 12.6. The molecule has 1 atom stereocenters. The van der Waals surface area contributed by atoms with Crippen LogP contribution in [0.15, 0.2) is 47.3 Å². The highest BCUT2D eigenvalue weighted by molar-refractivity contribution is 5.14. The quantitative estimate of drug-likeness (QED) is 0.800. The van der Waals surface area contributed by atoms with Gasteiger partial charge in [-0.05, 0) is 36.2 Å². The van der Waals surface area contributed by atoms with Crippen LogP contribution < -0.4 is 5.73 Å². The van der Waals surface area contributed by atoms with Crippen molar-refractivity contribution >= 4 is 0 Å². The molecule has 0 saturated carbocycles. The molecule has 0 aliphatic rings. The molecule has 0 amide bonds. The van der Waals surface area contributed by atoms with E-state index >= 15 is 0 Å². The summed E-state index contributed by atoms with van der Waals surface area (Å²) < 4.78 is 5.23. The van der Waals surface area contributed by atoms with Crippen molar-refractivity contribution in [2.24, 2.45) is 5.73 Å². The SMILES string of the molecule is NC(Cc1ccncc1)c1ccco1. The summed E-state index contributed by atoms with van der Waals surface area (Å²) >= 11 is 0. The van der Waals surface area contributed by atoms with Gasteiger partial charge in [-0.15, -0.1) is 0 Å². The lowest BCUT2D eigenvalue weighted by Gasteiger charge is -2.07. The van der Waals surface area contributed by atoms with Gasteiger partial charge in [0.05, 0.1) is 12.3 Å². The zero-order chi connectivity index (χ0) is 9.80. The van der Waals surface area contributed by atoms with E-state index in [2.05, 4.69) is 4.98 Å². The van der Waals surface area contributed by atoms with Gasteiger partial charge in [-0.3, -0.25) is 4.98 Å². The van der Waals surface area contributed by atoms with Crippen LogP contribution in [0.4, 0.5) is 0 Å². The Hall–Kier alpha value is -1.61. The molecule has 0 fully saturated rings. The van der Waals surface area contributed by atoms with Crippen LogP contribution in [0.1, 0.15) is 17.4 Å². The summed E-state index contributed by atoms with van der Waals surface area (Å²) in [6.07, 6.45) is 5.95. The zero-order valence-corrected chi connectivity index (χ0v) is 7.76. The van der Waals surface area contributed by atoms with E-state index in [0.717, 1.165) is 12.2 Å². The van der Waals surface area contributed by atoms with Gasteiger partial charge < -0.3 is 10.2 Å². The van der Waals surface area contributed by atoms with Crippen molar-refractivity contribution in [1.82, 2.24) is 4.98 Å². The first-order chi connectivity index (χ1) is 6.86. The summed E-state index contributed by atoms with van der Waals surface area (Å²) in [5.41, 5.74) is 7.13. The second-order valence-corrected chi connectivity index (χ2v) is 3.18. The number of pyridine rings is 1. The molecule has 14 heavy (non-hydrogen) atoms. The van der Waals surface area contributed by atoms with Gasteiger partial charge in [0, 0.05) is 12.4 Å². The molecule has 2 N–H and O–H groups in total. The van der Waals surface area contributed by atoms with Crippen LogP contribution in [0.25, 0.3) is 0 Å². The van der Waals surface area contributed by atoms with Gasteiger partial charge in [0.25, 0.3) is 0 Å². The van der Waals surface area contributed by atoms with Crippen molar-refractivity contribution in [2.75, 3.05) is 0 Å². The lowest BCUT2D eigenvalue weighted by Crippen LogP contribution is -2.12. The number of nitrogens with two attached hydrogens (primary N) is 1. The zero-order valence-electron chi connectivity index (χ0n) is 7.76. The lowest BCUT2D eigenvalue weighted by atomic mass is 10.1. The number of hydrogen-bond acceptors (Lipinski definition) is 3. The second kappa shape index (κ2) is 4.07. The molecular formula is C11H12N2O. The van der Waals surface area contributed by atoms with E-state index in [1.54, 1.807) is 18.7 Å². The smallest absolute Gasteiger partial charge is 0.120 e. The minimum Gasteiger partial charge on any atom is -0.468 e. The number of nitrogens with zero attached hydrogens (tertiary/aromatic N) is 1. The third kappa shape index (κ3) is 2.00. The first-order valence-electron chi connectivity index (χ1n) is 4.54. The van der Waals surface area contributed by atoms with Gasteiger partial charge in [0.2, 0.25) is 0 Å². The Balaban J connectivity index is 2.06. The molecule has 2 rings (SSSR count). The van der Waals surface area contributed by atoms with Gasteiger partial charge >= 0.3 is 0 Å². The van der Waals surface area contributed by atoms with Gasteiger partial charge in [-0.25, -0.2) is 0 Å². The predicted molar refractivity (Wildman–Crippen MR) is 53.6 cm³/mol. The summed E-state index contributed by atoms with van der Waals surface area (Å²) in [4.78, 5) is 3.95. The van der Waals surface area contributed by atoms with Crippen LogP contribution in [-0.2, 0) is 6.42 Å². The van der Waals surface area contributed by atoms with Crippen LogP contribution in [0.2, 0.25) is 0 Å². The summed E-state index contributed by atoms with van der Waals surface area (Å²) in [6.45, 7) is 0. The Kier molecular flexibility index (Phi) is 2.60. The maximum Gasteiger partial charge on any atom is 0.120 e. The molecule has 3 heteroatoms. The van der Waals surface area contributed by atoms with Crippen LogP contribution in [0, 0.1) is 0 Å². The average molecular weight is 188 g/mol. The summed E-state index contributed by atoms with van der Waals surface area (Å²) in [6, 6.07) is 7.59. The van der Waals surface area contributed by atoms with E-state index in [-0.39, 0.29) is 6.04 Å². The van der Waals surface area contributed by atoms with Crippen LogP contribution in [0.5, 0.6) is 0 Å². The lowest BCUT2D eigenvalue weighted by molar-refractivity contribution is 0.464. The highest BCUT2D eigenvalue weighted by atomic mass is 16.3. The molecule has 1 unspecified atom stereocenters. The maximum absolute atomic E-state index is 5.96. The van der Waals surface area contributed by atoms with E-state index in [4.69, 9.17) is 10.2 Å². The van der Waals surface area contributed by atoms with Crippen molar-refractivity contribution in [2.45, 2.75) is 12.5 Å². The molecule has 0 radical (unpaired) electrons. The minimum absolute atomic E-state index is 0.0765. The maximum atomic E-state index is 5.96. The molecule has 2 aromatic heterocycles. The summed E-state index contributed by atoms with van der Waals surface area (Å²) in [7, 11) is 0. The van der Waals surface area contributed by atoms with Crippen molar-refractivity contribution in [3.8, 4) is 0 Å². The van der Waals surface area contributed by atoms with E-state index in [9.17, 15) is 0 Å². The van der Waals surface area contributed by atoms with E-state index in [0.29, 0.717) is 0 Å². The summed E-state index contributed by atoms with van der Waals surface area (Å²) in [5.74, 6) is 0.821. The van der Waals surface area contributed by atoms with Gasteiger partial charge in [0.15, 0.2) is 0 Å². The van der Waals surface area contributed by atoms with E-state index in [1.807, 2.05) is 24.3 Å². The summed E-state index contributed by atoms with van der Waals surface area (Å²) in [5, 5.41) is 0. The Bertz CT molecular complexity index is 369. The number of rotatable bonds is 3. The third-order valence-corrected chi connectivity index (χ3v) is 2.11. The molecule has 72 valence electrons. The standard InChI is InChI=1S/C11H12N2O/c12-10(11-2-1-7-14-11)8-9-3-5-13-6-4-9/h1-7,10H,8,12H2. The molecular weight excluding hydrogens is 176 g/mol. The largest absolute Gasteiger partial charge is 0.468 e. The highest BCUT2D eigenvalue weighted by Crippen LogP contribution is 2.15. The molecule has 0 bridgehead atoms. The number of aromatic nitrogens is 1. The molecule has 0 aliphatic carbocycles. The Labute approximate surface area is 82.6 Å². The first-order valence-corrected chi connectivity index (χ1v) is 4.54. The Morgan fingerprint density at radius 2 is 2.07 bits per heavy atom. The fraction of sp³-hybridized carbons (Fsp3) is 0.182. The molecule has 0 spiro atoms. The molecule has 0 saturated heterocycles. The molecule has 2 aromatic rings. The topological polar surface area (TPSA) is 52.0 Å². The van der Waals surface area contributed by atoms with E-state index in [1.165, 1.54) is 5.56 Å². The second-order valence-electron chi connectivity index (χ2n) is 3.18. The fourth-order valence-electron chi connectivity index (χ4n) is 1.38. The average Bonchev–Trinajstić information content (AvgIpc) is 2.72. The van der Waals surface area contributed by atoms with Gasteiger partial charge in [0.1, 0.15) is 5.76 Å². The fourth-order valence-corrected chi connectivity index (χ4v) is 1.38. The molecule has 0 aliphatic heterocycles. The Morgan fingerprint density at radius 3 is 2.71 bits per heavy atom. The Morgan fingerprint density at radius 1 is 1.29 bits per heavy atom.